The van der Waals surface area contributed by atoms with Crippen molar-refractivity contribution in [3.8, 4) is 0 Å². The Balaban J connectivity index is 2.05. The Morgan fingerprint density at radius 1 is 1.50 bits per heavy atom. The molecule has 2 rings (SSSR count). The van der Waals surface area contributed by atoms with Gasteiger partial charge in [-0.3, -0.25) is 4.79 Å². The van der Waals surface area contributed by atoms with Gasteiger partial charge < -0.3 is 14.8 Å². The summed E-state index contributed by atoms with van der Waals surface area (Å²) in [5.74, 6) is -0.516. The zero-order chi connectivity index (χ0) is 11.5. The van der Waals surface area contributed by atoms with Crippen molar-refractivity contribution < 1.29 is 19.1 Å². The van der Waals surface area contributed by atoms with Gasteiger partial charge in [0.15, 0.2) is 0 Å². The summed E-state index contributed by atoms with van der Waals surface area (Å²) in [5, 5.41) is 11.5. The summed E-state index contributed by atoms with van der Waals surface area (Å²) in [6.07, 6.45) is 2.58. The van der Waals surface area contributed by atoms with E-state index in [0.717, 1.165) is 5.76 Å². The van der Waals surface area contributed by atoms with Crippen LogP contribution in [0, 0.1) is 0 Å². The van der Waals surface area contributed by atoms with Gasteiger partial charge in [-0.2, -0.15) is 0 Å². The molecule has 1 aromatic rings. The third kappa shape index (κ3) is 2.13. The molecule has 0 atom stereocenters. The molecule has 5 heteroatoms. The van der Waals surface area contributed by atoms with Crippen molar-refractivity contribution in [3.63, 3.8) is 0 Å². The van der Waals surface area contributed by atoms with E-state index in [-0.39, 0.29) is 17.9 Å². The quantitative estimate of drug-likeness (QED) is 0.797. The lowest BCUT2D eigenvalue weighted by atomic mass is 10.1. The molecule has 16 heavy (non-hydrogen) atoms. The number of carboxylic acids is 1. The molecule has 2 heterocycles. The van der Waals surface area contributed by atoms with Crippen LogP contribution in [0.2, 0.25) is 0 Å². The molecule has 0 fully saturated rings. The molecule has 0 aliphatic carbocycles. The van der Waals surface area contributed by atoms with E-state index in [1.165, 1.54) is 0 Å². The molecule has 84 valence electrons. The Hall–Kier alpha value is -2.04. The predicted octanol–water partition coefficient (Wildman–Crippen LogP) is 1.07. The van der Waals surface area contributed by atoms with Crippen molar-refractivity contribution in [1.29, 1.82) is 0 Å². The number of carbonyl (C=O) groups excluding carboxylic acids is 1. The Morgan fingerprint density at radius 3 is 2.94 bits per heavy atom. The van der Waals surface area contributed by atoms with Crippen molar-refractivity contribution in [2.45, 2.75) is 19.3 Å². The summed E-state index contributed by atoms with van der Waals surface area (Å²) in [5.41, 5.74) is 0.658. The largest absolute Gasteiger partial charge is 0.478 e. The molecule has 1 aliphatic heterocycles. The number of allylic oxidation sites excluding steroid dienone is 1. The number of carbonyl (C=O) groups is 2. The smallest absolute Gasteiger partial charge is 0.333 e. The number of furan rings is 1. The average Bonchev–Trinajstić information content (AvgIpc) is 2.83. The van der Waals surface area contributed by atoms with Crippen LogP contribution < -0.4 is 5.32 Å². The SMILES string of the molecule is O=C1CC(C(=O)O)=C(CCc2ccco2)N1. The van der Waals surface area contributed by atoms with Gasteiger partial charge in [0, 0.05) is 12.1 Å². The molecule has 0 unspecified atom stereocenters. The molecule has 0 aromatic carbocycles. The lowest BCUT2D eigenvalue weighted by Crippen LogP contribution is -2.15. The third-order valence-electron chi connectivity index (χ3n) is 2.45. The van der Waals surface area contributed by atoms with Gasteiger partial charge >= 0.3 is 5.97 Å². The van der Waals surface area contributed by atoms with Gasteiger partial charge in [0.05, 0.1) is 18.3 Å². The van der Waals surface area contributed by atoms with Gasteiger partial charge in [0.1, 0.15) is 5.76 Å². The molecular weight excluding hydrogens is 210 g/mol. The average molecular weight is 221 g/mol. The highest BCUT2D eigenvalue weighted by atomic mass is 16.4. The molecule has 0 saturated heterocycles. The second kappa shape index (κ2) is 4.22. The number of carboxylic acid groups (broad SMARTS) is 1. The standard InChI is InChI=1S/C11H11NO4/c13-10-6-8(11(14)15)9(12-10)4-3-7-2-1-5-16-7/h1-2,5H,3-4,6H2,(H,12,13)(H,14,15). The highest BCUT2D eigenvalue weighted by Gasteiger charge is 2.25. The molecule has 0 spiro atoms. The first kappa shape index (κ1) is 10.5. The van der Waals surface area contributed by atoms with Crippen LogP contribution in [0.5, 0.6) is 0 Å². The van der Waals surface area contributed by atoms with Crippen LogP contribution in [0.15, 0.2) is 34.1 Å². The first-order valence-corrected chi connectivity index (χ1v) is 4.94. The van der Waals surface area contributed by atoms with Crippen LogP contribution in [0.4, 0.5) is 0 Å². The van der Waals surface area contributed by atoms with Gasteiger partial charge in [-0.1, -0.05) is 0 Å². The van der Waals surface area contributed by atoms with E-state index < -0.39 is 5.97 Å². The molecule has 1 aliphatic rings. The second-order valence-corrected chi connectivity index (χ2v) is 3.57. The maximum atomic E-state index is 11.1. The van der Waals surface area contributed by atoms with Gasteiger partial charge in [-0.25, -0.2) is 4.79 Å². The highest BCUT2D eigenvalue weighted by molar-refractivity contribution is 5.99. The molecule has 1 amide bonds. The van der Waals surface area contributed by atoms with Crippen LogP contribution in [0.3, 0.4) is 0 Å². The van der Waals surface area contributed by atoms with Crippen LogP contribution in [-0.4, -0.2) is 17.0 Å². The Labute approximate surface area is 91.8 Å². The van der Waals surface area contributed by atoms with Crippen molar-refractivity contribution in [3.05, 3.63) is 35.4 Å². The van der Waals surface area contributed by atoms with Crippen LogP contribution in [0.25, 0.3) is 0 Å². The van der Waals surface area contributed by atoms with E-state index in [0.29, 0.717) is 18.5 Å². The summed E-state index contributed by atoms with van der Waals surface area (Å²) in [6, 6.07) is 3.59. The van der Waals surface area contributed by atoms with E-state index in [4.69, 9.17) is 9.52 Å². The van der Waals surface area contributed by atoms with Crippen LogP contribution >= 0.6 is 0 Å². The Morgan fingerprint density at radius 2 is 2.31 bits per heavy atom. The monoisotopic (exact) mass is 221 g/mol. The second-order valence-electron chi connectivity index (χ2n) is 3.57. The molecule has 0 bridgehead atoms. The fraction of sp³-hybridized carbons (Fsp3) is 0.273. The van der Waals surface area contributed by atoms with Crippen molar-refractivity contribution >= 4 is 11.9 Å². The molecule has 1 aromatic heterocycles. The topological polar surface area (TPSA) is 79.5 Å². The number of aryl methyl sites for hydroxylation is 1. The van der Waals surface area contributed by atoms with E-state index in [1.54, 1.807) is 12.3 Å². The maximum absolute atomic E-state index is 11.1. The normalized spacial score (nSPS) is 15.4. The maximum Gasteiger partial charge on any atom is 0.333 e. The number of hydrogen-bond donors (Lipinski definition) is 2. The molecule has 0 radical (unpaired) electrons. The zero-order valence-corrected chi connectivity index (χ0v) is 8.53. The van der Waals surface area contributed by atoms with Gasteiger partial charge in [0.2, 0.25) is 5.91 Å². The number of hydrogen-bond acceptors (Lipinski definition) is 3. The minimum absolute atomic E-state index is 0.0389. The number of aliphatic carboxylic acids is 1. The van der Waals surface area contributed by atoms with Crippen molar-refractivity contribution in [1.82, 2.24) is 5.32 Å². The Bertz CT molecular complexity index is 445. The first-order valence-electron chi connectivity index (χ1n) is 4.94. The van der Waals surface area contributed by atoms with E-state index in [2.05, 4.69) is 5.32 Å². The summed E-state index contributed by atoms with van der Waals surface area (Å²) >= 11 is 0. The Kier molecular flexibility index (Phi) is 2.76. The lowest BCUT2D eigenvalue weighted by molar-refractivity contribution is -0.133. The number of nitrogens with one attached hydrogen (secondary N) is 1. The lowest BCUT2D eigenvalue weighted by Gasteiger charge is -2.02. The summed E-state index contributed by atoms with van der Waals surface area (Å²) < 4.78 is 5.13. The predicted molar refractivity (Wildman–Crippen MR) is 54.5 cm³/mol. The summed E-state index contributed by atoms with van der Waals surface area (Å²) in [6.45, 7) is 0. The van der Waals surface area contributed by atoms with Crippen LogP contribution in [-0.2, 0) is 16.0 Å². The number of amides is 1. The van der Waals surface area contributed by atoms with Gasteiger partial charge in [0.25, 0.3) is 0 Å². The fourth-order valence-corrected chi connectivity index (χ4v) is 1.68. The van der Waals surface area contributed by atoms with E-state index in [9.17, 15) is 9.59 Å². The molecule has 5 nitrogen and oxygen atoms in total. The van der Waals surface area contributed by atoms with Crippen molar-refractivity contribution in [2.24, 2.45) is 0 Å². The summed E-state index contributed by atoms with van der Waals surface area (Å²) in [4.78, 5) is 21.9. The number of rotatable bonds is 4. The first-order chi connectivity index (χ1) is 7.66. The minimum atomic E-state index is -1.03. The van der Waals surface area contributed by atoms with E-state index >= 15 is 0 Å². The fourth-order valence-electron chi connectivity index (χ4n) is 1.68. The zero-order valence-electron chi connectivity index (χ0n) is 8.53. The highest BCUT2D eigenvalue weighted by Crippen LogP contribution is 2.19. The molecule has 2 N–H and O–H groups in total. The van der Waals surface area contributed by atoms with Gasteiger partial charge in [-0.15, -0.1) is 0 Å². The third-order valence-corrected chi connectivity index (χ3v) is 2.45. The van der Waals surface area contributed by atoms with E-state index in [1.807, 2.05) is 6.07 Å². The van der Waals surface area contributed by atoms with Gasteiger partial charge in [-0.05, 0) is 18.6 Å². The van der Waals surface area contributed by atoms with Crippen molar-refractivity contribution in [2.75, 3.05) is 0 Å². The van der Waals surface area contributed by atoms with Crippen LogP contribution in [0.1, 0.15) is 18.6 Å². The minimum Gasteiger partial charge on any atom is -0.478 e. The molecule has 0 saturated carbocycles. The summed E-state index contributed by atoms with van der Waals surface area (Å²) in [7, 11) is 0. The molecular formula is C11H11NO4.